The number of rotatable bonds is 3. The smallest absolute Gasteiger partial charge is 0.265 e. The fourth-order valence-electron chi connectivity index (χ4n) is 1.88. The van der Waals surface area contributed by atoms with E-state index in [0.717, 1.165) is 10.2 Å². The van der Waals surface area contributed by atoms with Crippen LogP contribution in [0.5, 0.6) is 0 Å². The summed E-state index contributed by atoms with van der Waals surface area (Å²) in [5.41, 5.74) is -0.638. The summed E-state index contributed by atoms with van der Waals surface area (Å²) >= 11 is 1.50. The first-order chi connectivity index (χ1) is 9.67. The fourth-order valence-corrected chi connectivity index (χ4v) is 2.66. The molecule has 3 aromatic rings. The van der Waals surface area contributed by atoms with Crippen LogP contribution in [0, 0.1) is 0 Å². The van der Waals surface area contributed by atoms with E-state index < -0.39 is 0 Å². The minimum absolute atomic E-state index is 0.122. The van der Waals surface area contributed by atoms with Crippen LogP contribution in [-0.2, 0) is 6.54 Å². The van der Waals surface area contributed by atoms with Crippen molar-refractivity contribution in [1.29, 1.82) is 0 Å². The van der Waals surface area contributed by atoms with Gasteiger partial charge in [0.25, 0.3) is 11.1 Å². The number of hydrogen-bond acceptors (Lipinski definition) is 6. The first-order valence-corrected chi connectivity index (χ1v) is 6.77. The van der Waals surface area contributed by atoms with E-state index in [4.69, 9.17) is 0 Å². The maximum absolute atomic E-state index is 11.7. The number of thiophene rings is 1. The Morgan fingerprint density at radius 2 is 2.15 bits per heavy atom. The van der Waals surface area contributed by atoms with Crippen LogP contribution in [-0.4, -0.2) is 26.8 Å². The zero-order valence-corrected chi connectivity index (χ0v) is 11.4. The van der Waals surface area contributed by atoms with Crippen LogP contribution in [0.3, 0.4) is 0 Å². The van der Waals surface area contributed by atoms with Crippen molar-refractivity contribution in [2.24, 2.45) is 0 Å². The molecule has 0 spiro atoms. The Bertz CT molecular complexity index is 879. The van der Waals surface area contributed by atoms with Crippen LogP contribution >= 0.6 is 11.3 Å². The van der Waals surface area contributed by atoms with Crippen molar-refractivity contribution < 1.29 is 0 Å². The quantitative estimate of drug-likeness (QED) is 0.738. The molecule has 20 heavy (non-hydrogen) atoms. The molecular formula is C12H11N5O2S. The zero-order valence-electron chi connectivity index (χ0n) is 10.6. The topological polar surface area (TPSA) is 92.7 Å². The molecule has 0 amide bonds. The highest BCUT2D eigenvalue weighted by molar-refractivity contribution is 7.16. The Kier molecular flexibility index (Phi) is 3.07. The molecule has 0 fully saturated rings. The van der Waals surface area contributed by atoms with Gasteiger partial charge in [-0.3, -0.25) is 14.7 Å². The Labute approximate surface area is 116 Å². The third-order valence-electron chi connectivity index (χ3n) is 2.80. The molecule has 0 aliphatic heterocycles. The molecule has 0 aliphatic carbocycles. The molecule has 3 aromatic heterocycles. The number of nitrogens with one attached hydrogen (secondary N) is 2. The molecule has 3 heterocycles. The predicted molar refractivity (Wildman–Crippen MR) is 77.4 cm³/mol. The molecule has 2 N–H and O–H groups in total. The summed E-state index contributed by atoms with van der Waals surface area (Å²) in [4.78, 5) is 32.5. The Balaban J connectivity index is 2.08. The van der Waals surface area contributed by atoms with Crippen molar-refractivity contribution in [3.8, 4) is 0 Å². The summed E-state index contributed by atoms with van der Waals surface area (Å²) in [5, 5.41) is 8.33. The van der Waals surface area contributed by atoms with E-state index in [0.29, 0.717) is 11.6 Å². The van der Waals surface area contributed by atoms with Crippen molar-refractivity contribution in [2.75, 3.05) is 12.4 Å². The molecule has 0 saturated carbocycles. The van der Waals surface area contributed by atoms with Crippen molar-refractivity contribution >= 4 is 27.4 Å². The molecule has 0 aromatic carbocycles. The van der Waals surface area contributed by atoms with Crippen molar-refractivity contribution in [1.82, 2.24) is 19.7 Å². The van der Waals surface area contributed by atoms with Gasteiger partial charge in [0.1, 0.15) is 17.2 Å². The lowest BCUT2D eigenvalue weighted by Crippen LogP contribution is -2.29. The molecule has 8 heteroatoms. The lowest BCUT2D eigenvalue weighted by molar-refractivity contribution is 0.607. The van der Waals surface area contributed by atoms with Crippen LogP contribution in [0.2, 0.25) is 0 Å². The van der Waals surface area contributed by atoms with Crippen LogP contribution in [0.15, 0.2) is 33.2 Å². The molecule has 0 bridgehead atoms. The molecule has 0 saturated heterocycles. The van der Waals surface area contributed by atoms with Crippen molar-refractivity contribution in [3.63, 3.8) is 0 Å². The number of fused-ring (bicyclic) bond motifs is 1. The summed E-state index contributed by atoms with van der Waals surface area (Å²) in [6.07, 6.45) is 0. The molecule has 0 radical (unpaired) electrons. The van der Waals surface area contributed by atoms with Crippen molar-refractivity contribution in [3.05, 3.63) is 50.1 Å². The van der Waals surface area contributed by atoms with Gasteiger partial charge >= 0.3 is 0 Å². The van der Waals surface area contributed by atoms with Crippen molar-refractivity contribution in [2.45, 2.75) is 6.54 Å². The van der Waals surface area contributed by atoms with Gasteiger partial charge in [-0.05, 0) is 11.4 Å². The number of nitrogens with zero attached hydrogens (tertiary/aromatic N) is 3. The van der Waals surface area contributed by atoms with Crippen LogP contribution < -0.4 is 16.4 Å². The van der Waals surface area contributed by atoms with Crippen LogP contribution in [0.4, 0.5) is 5.82 Å². The van der Waals surface area contributed by atoms with E-state index in [1.165, 1.54) is 28.2 Å². The molecule has 102 valence electrons. The number of anilines is 1. The van der Waals surface area contributed by atoms with Gasteiger partial charge in [0.05, 0.1) is 5.39 Å². The second kappa shape index (κ2) is 4.89. The largest absolute Gasteiger partial charge is 0.372 e. The molecule has 3 rings (SSSR count). The Morgan fingerprint density at radius 3 is 2.95 bits per heavy atom. The molecule has 0 atom stereocenters. The minimum Gasteiger partial charge on any atom is -0.372 e. The first kappa shape index (κ1) is 12.5. The number of aromatic amines is 1. The fraction of sp³-hybridized carbons (Fsp3) is 0.167. The lowest BCUT2D eigenvalue weighted by Gasteiger charge is -2.06. The summed E-state index contributed by atoms with van der Waals surface area (Å²) in [6, 6.07) is 4.36. The summed E-state index contributed by atoms with van der Waals surface area (Å²) in [6.45, 7) is 0.122. The maximum atomic E-state index is 11.7. The number of hydrogen-bond donors (Lipinski definition) is 2. The molecular weight excluding hydrogens is 278 g/mol. The number of aromatic nitrogens is 4. The Hall–Kier alpha value is -2.48. The van der Waals surface area contributed by atoms with Crippen LogP contribution in [0.25, 0.3) is 10.2 Å². The van der Waals surface area contributed by atoms with E-state index in [2.05, 4.69) is 20.4 Å². The van der Waals surface area contributed by atoms with E-state index >= 15 is 0 Å². The van der Waals surface area contributed by atoms with E-state index in [9.17, 15) is 9.59 Å². The van der Waals surface area contributed by atoms with Gasteiger partial charge in [0, 0.05) is 19.2 Å². The zero-order chi connectivity index (χ0) is 14.1. The van der Waals surface area contributed by atoms with E-state index in [-0.39, 0.29) is 17.7 Å². The average molecular weight is 289 g/mol. The van der Waals surface area contributed by atoms with Gasteiger partial charge < -0.3 is 5.32 Å². The van der Waals surface area contributed by atoms with E-state index in [1.54, 1.807) is 7.05 Å². The summed E-state index contributed by atoms with van der Waals surface area (Å²) in [5.74, 6) is 1.17. The van der Waals surface area contributed by atoms with Gasteiger partial charge in [-0.15, -0.1) is 11.3 Å². The minimum atomic E-state index is -0.337. The third kappa shape index (κ3) is 2.21. The standard InChI is InChI=1S/C12H11N5O2S/c1-13-11-7-4-5-20-12(7)15-8(14-11)6-17-10(19)3-2-9(18)16-17/h2-5H,6H2,1H3,(H,16,18)(H,13,14,15). The highest BCUT2D eigenvalue weighted by Gasteiger charge is 2.09. The Morgan fingerprint density at radius 1 is 1.30 bits per heavy atom. The first-order valence-electron chi connectivity index (χ1n) is 5.89. The number of H-pyrrole nitrogens is 1. The van der Waals surface area contributed by atoms with Gasteiger partial charge in [0.15, 0.2) is 5.82 Å². The second-order valence-electron chi connectivity index (χ2n) is 4.11. The highest BCUT2D eigenvalue weighted by Crippen LogP contribution is 2.24. The van der Waals surface area contributed by atoms with Gasteiger partial charge in [-0.25, -0.2) is 14.6 Å². The molecule has 7 nitrogen and oxygen atoms in total. The summed E-state index contributed by atoms with van der Waals surface area (Å²) < 4.78 is 1.19. The molecule has 0 aliphatic rings. The van der Waals surface area contributed by atoms with Gasteiger partial charge in [-0.1, -0.05) is 0 Å². The maximum Gasteiger partial charge on any atom is 0.265 e. The monoisotopic (exact) mass is 289 g/mol. The normalized spacial score (nSPS) is 10.8. The van der Waals surface area contributed by atoms with Gasteiger partial charge in [0.2, 0.25) is 0 Å². The third-order valence-corrected chi connectivity index (χ3v) is 3.60. The predicted octanol–water partition coefficient (Wildman–Crippen LogP) is 0.631. The average Bonchev–Trinajstić information content (AvgIpc) is 2.90. The SMILES string of the molecule is CNc1nc(Cn2[nH]c(=O)ccc2=O)nc2sccc12. The highest BCUT2D eigenvalue weighted by atomic mass is 32.1. The lowest BCUT2D eigenvalue weighted by atomic mass is 10.3. The second-order valence-corrected chi connectivity index (χ2v) is 5.01. The summed E-state index contributed by atoms with van der Waals surface area (Å²) in [7, 11) is 1.78. The van der Waals surface area contributed by atoms with Gasteiger partial charge in [-0.2, -0.15) is 0 Å². The molecule has 0 unspecified atom stereocenters. The van der Waals surface area contributed by atoms with E-state index in [1.807, 2.05) is 11.4 Å². The van der Waals surface area contributed by atoms with Crippen LogP contribution in [0.1, 0.15) is 5.82 Å².